The van der Waals surface area contributed by atoms with E-state index >= 15 is 0 Å². The van der Waals surface area contributed by atoms with Crippen LogP contribution < -0.4 is 17.0 Å². The highest BCUT2D eigenvalue weighted by Gasteiger charge is 2.48. The molecule has 19 heteroatoms. The van der Waals surface area contributed by atoms with Gasteiger partial charge in [-0.25, -0.2) is 13.7 Å². The molecule has 1 fully saturated rings. The van der Waals surface area contributed by atoms with E-state index in [1.165, 1.54) is 0 Å². The van der Waals surface area contributed by atoms with Crippen molar-refractivity contribution < 1.29 is 57.3 Å². The number of nitrogens with two attached hydrogens (primary N) is 1. The topological polar surface area (TPSA) is 262 Å². The first-order valence-electron chi connectivity index (χ1n) is 9.76. The fourth-order valence-corrected chi connectivity index (χ4v) is 5.78. The summed E-state index contributed by atoms with van der Waals surface area (Å²) in [6.07, 6.45) is -5.33. The number of hydrogen-bond acceptors (Lipinski definition) is 13. The molecule has 0 spiro atoms. The fourth-order valence-electron chi connectivity index (χ4n) is 2.89. The van der Waals surface area contributed by atoms with Crippen molar-refractivity contribution in [1.29, 1.82) is 0 Å². The normalized spacial score (nSPS) is 25.8. The Morgan fingerprint density at radius 1 is 1.21 bits per heavy atom. The van der Waals surface area contributed by atoms with Crippen molar-refractivity contribution in [2.24, 2.45) is 5.73 Å². The SMILES string of the molecule is NCCOC(COCCO)P(=O)(OC[C@H]1O[C@@H](n2ccc(=O)[nH]c2=O)[C@H](O)[C@@H]1O)OP(=O)(O)O. The third-order valence-corrected chi connectivity index (χ3v) is 7.65. The van der Waals surface area contributed by atoms with Gasteiger partial charge >= 0.3 is 21.1 Å². The van der Waals surface area contributed by atoms with Gasteiger partial charge in [0.1, 0.15) is 18.3 Å². The molecule has 1 aliphatic heterocycles. The lowest BCUT2D eigenvalue weighted by atomic mass is 10.1. The van der Waals surface area contributed by atoms with Gasteiger partial charge in [-0.05, 0) is 0 Å². The minimum absolute atomic E-state index is 0.0708. The van der Waals surface area contributed by atoms with Gasteiger partial charge in [-0.15, -0.1) is 0 Å². The lowest BCUT2D eigenvalue weighted by Crippen LogP contribution is -2.37. The van der Waals surface area contributed by atoms with Crippen molar-refractivity contribution in [2.75, 3.05) is 39.6 Å². The maximum atomic E-state index is 13.3. The van der Waals surface area contributed by atoms with Gasteiger partial charge in [0.15, 0.2) is 12.1 Å². The Labute approximate surface area is 191 Å². The average Bonchev–Trinajstić information content (AvgIpc) is 3.02. The summed E-state index contributed by atoms with van der Waals surface area (Å²) in [6, 6.07) is 0.974. The molecule has 1 aliphatic rings. The zero-order chi connectivity index (χ0) is 25.5. The van der Waals surface area contributed by atoms with E-state index in [-0.39, 0.29) is 19.8 Å². The molecule has 0 amide bonds. The molecule has 1 aromatic rings. The molecule has 0 aromatic carbocycles. The first kappa shape index (κ1) is 28.9. The van der Waals surface area contributed by atoms with Gasteiger partial charge in [0.2, 0.25) is 0 Å². The standard InChI is InChI=1S/C15H27N3O14P2/c16-2-5-29-11(8-28-6-4-19)33(24,32-34(25,26)27)30-7-9-12(21)13(22)14(31-9)18-3-1-10(20)17-15(18)23/h1,3,9,11-14,19,21-22H,2,4-8,16H2,(H,17,20,23)(H2,25,26,27)/t9-,11?,12-,13-,14-,33?/m1/s1. The Balaban J connectivity index is 2.22. The summed E-state index contributed by atoms with van der Waals surface area (Å²) in [5, 5.41) is 29.4. The summed E-state index contributed by atoms with van der Waals surface area (Å²) < 4.78 is 50.6. The van der Waals surface area contributed by atoms with Crippen LogP contribution in [0.15, 0.2) is 21.9 Å². The smallest absolute Gasteiger partial charge is 0.394 e. The monoisotopic (exact) mass is 535 g/mol. The number of ether oxygens (including phenoxy) is 3. The van der Waals surface area contributed by atoms with E-state index in [0.717, 1.165) is 16.8 Å². The van der Waals surface area contributed by atoms with Crippen molar-refractivity contribution >= 4 is 15.4 Å². The van der Waals surface area contributed by atoms with Crippen LogP contribution in [0.25, 0.3) is 0 Å². The first-order chi connectivity index (χ1) is 15.9. The van der Waals surface area contributed by atoms with Crippen molar-refractivity contribution in [3.05, 3.63) is 33.1 Å². The van der Waals surface area contributed by atoms with Gasteiger partial charge in [-0.3, -0.25) is 18.9 Å². The minimum Gasteiger partial charge on any atom is -0.394 e. The Bertz CT molecular complexity index is 995. The summed E-state index contributed by atoms with van der Waals surface area (Å²) >= 11 is 0. The Morgan fingerprint density at radius 3 is 2.50 bits per heavy atom. The van der Waals surface area contributed by atoms with Crippen LogP contribution in [0, 0.1) is 0 Å². The highest BCUT2D eigenvalue weighted by Crippen LogP contribution is 2.63. The van der Waals surface area contributed by atoms with E-state index in [0.29, 0.717) is 0 Å². The number of aromatic amines is 1. The lowest BCUT2D eigenvalue weighted by molar-refractivity contribution is -0.0555. The Morgan fingerprint density at radius 2 is 1.91 bits per heavy atom. The van der Waals surface area contributed by atoms with Crippen LogP contribution in [0.3, 0.4) is 0 Å². The highest BCUT2D eigenvalue weighted by atomic mass is 31.3. The van der Waals surface area contributed by atoms with Gasteiger partial charge in [-0.2, -0.15) is 0 Å². The molecular weight excluding hydrogens is 508 g/mol. The third-order valence-electron chi connectivity index (χ3n) is 4.38. The van der Waals surface area contributed by atoms with Crippen molar-refractivity contribution in [1.82, 2.24) is 9.55 Å². The number of nitrogens with one attached hydrogen (secondary N) is 1. The molecule has 1 aromatic heterocycles. The second kappa shape index (κ2) is 12.6. The van der Waals surface area contributed by atoms with E-state index in [4.69, 9.17) is 29.6 Å². The average molecular weight is 535 g/mol. The van der Waals surface area contributed by atoms with Gasteiger partial charge in [0, 0.05) is 18.8 Å². The summed E-state index contributed by atoms with van der Waals surface area (Å²) in [4.78, 5) is 43.6. The molecule has 196 valence electrons. The predicted octanol–water partition coefficient (Wildman–Crippen LogP) is -3.21. The zero-order valence-corrected chi connectivity index (χ0v) is 19.4. The molecule has 8 N–H and O–H groups in total. The Kier molecular flexibility index (Phi) is 10.7. The number of aromatic nitrogens is 2. The minimum atomic E-state index is -5.41. The van der Waals surface area contributed by atoms with Crippen molar-refractivity contribution in [3.8, 4) is 0 Å². The number of aliphatic hydroxyl groups excluding tert-OH is 3. The van der Waals surface area contributed by atoms with Crippen LogP contribution in [0.4, 0.5) is 0 Å². The van der Waals surface area contributed by atoms with Crippen LogP contribution in [0.1, 0.15) is 6.23 Å². The van der Waals surface area contributed by atoms with E-state index in [1.807, 2.05) is 4.98 Å². The third kappa shape index (κ3) is 7.86. The van der Waals surface area contributed by atoms with Crippen LogP contribution >= 0.6 is 15.4 Å². The first-order valence-corrected chi connectivity index (χ1v) is 12.9. The molecule has 0 aliphatic carbocycles. The van der Waals surface area contributed by atoms with Gasteiger partial charge in [0.25, 0.3) is 5.56 Å². The molecule has 6 atom stereocenters. The second-order valence-electron chi connectivity index (χ2n) is 6.88. The van der Waals surface area contributed by atoms with Crippen LogP contribution in [0.2, 0.25) is 0 Å². The van der Waals surface area contributed by atoms with Gasteiger partial charge in [0.05, 0.1) is 33.0 Å². The maximum Gasteiger partial charge on any atom is 0.476 e. The van der Waals surface area contributed by atoms with E-state index < -0.39 is 76.9 Å². The van der Waals surface area contributed by atoms with Crippen molar-refractivity contribution in [3.63, 3.8) is 0 Å². The second-order valence-corrected chi connectivity index (χ2v) is 10.4. The van der Waals surface area contributed by atoms with E-state index in [9.17, 15) is 38.7 Å². The maximum absolute atomic E-state index is 13.3. The van der Waals surface area contributed by atoms with Crippen molar-refractivity contribution in [2.45, 2.75) is 30.4 Å². The highest BCUT2D eigenvalue weighted by molar-refractivity contribution is 7.64. The number of H-pyrrole nitrogens is 1. The summed E-state index contributed by atoms with van der Waals surface area (Å²) in [5.74, 6) is -1.70. The van der Waals surface area contributed by atoms with Crippen LogP contribution in [0.5, 0.6) is 0 Å². The molecule has 34 heavy (non-hydrogen) atoms. The summed E-state index contributed by atoms with van der Waals surface area (Å²) in [6.45, 7) is -2.37. The predicted molar refractivity (Wildman–Crippen MR) is 111 cm³/mol. The van der Waals surface area contributed by atoms with E-state index in [1.54, 1.807) is 0 Å². The fraction of sp³-hybridized carbons (Fsp3) is 0.733. The number of hydrogen-bond donors (Lipinski definition) is 7. The van der Waals surface area contributed by atoms with E-state index in [2.05, 4.69) is 4.31 Å². The zero-order valence-electron chi connectivity index (χ0n) is 17.6. The molecule has 17 nitrogen and oxygen atoms in total. The molecule has 2 heterocycles. The quantitative estimate of drug-likeness (QED) is 0.0913. The summed E-state index contributed by atoms with van der Waals surface area (Å²) in [5.41, 5.74) is 3.68. The molecule has 0 radical (unpaired) electrons. The number of phosphoric acid groups is 1. The molecular formula is C15H27N3O14P2. The van der Waals surface area contributed by atoms with Crippen LogP contribution in [-0.2, 0) is 32.2 Å². The number of aliphatic hydroxyl groups is 3. The largest absolute Gasteiger partial charge is 0.476 e. The Hall–Kier alpha value is -1.30. The molecule has 0 saturated carbocycles. The number of rotatable bonds is 14. The summed E-state index contributed by atoms with van der Waals surface area (Å²) in [7, 11) is -10.3. The molecule has 0 bridgehead atoms. The molecule has 1 saturated heterocycles. The van der Waals surface area contributed by atoms with Gasteiger partial charge in [-0.1, -0.05) is 0 Å². The lowest BCUT2D eigenvalue weighted by Gasteiger charge is -2.28. The van der Waals surface area contributed by atoms with Gasteiger partial charge < -0.3 is 49.6 Å². The van der Waals surface area contributed by atoms with Crippen LogP contribution in [-0.4, -0.2) is 98.4 Å². The molecule has 2 rings (SSSR count). The number of nitrogens with zero attached hydrogens (tertiary/aromatic N) is 1. The molecule has 2 unspecified atom stereocenters.